The number of anilines is 1. The van der Waals surface area contributed by atoms with E-state index in [1.165, 1.54) is 48.5 Å². The molecule has 0 saturated carbocycles. The molecule has 2 amide bonds. The van der Waals surface area contributed by atoms with Crippen LogP contribution in [-0.2, 0) is 35.6 Å². The maximum absolute atomic E-state index is 14.8. The van der Waals surface area contributed by atoms with Crippen molar-refractivity contribution < 1.29 is 59.4 Å². The Labute approximate surface area is 252 Å². The normalized spacial score (nSPS) is 16.3. The number of hydrogen-bond acceptors (Lipinski definition) is 10. The molecule has 1 saturated heterocycles. The standard InChI is InChI=1S/C28H23F4N3O9S/c1-42-26(38)24-20(6-3-7-21(24)44-27(39)28(30,31)32)43-16-5-2-4-15(12-16)34-25(37)19(33)11-14-8-9-17(18(29)10-14)22-13-23(36)35-45(22,40)41/h2-10,12,19,22H,11,13,33H2,1H3,(H,34,37)(H,35,36)/t19-,22?/m0/s1. The molecule has 0 radical (unpaired) electrons. The number of hydrogen-bond donors (Lipinski definition) is 3. The lowest BCUT2D eigenvalue weighted by atomic mass is 10.0. The Morgan fingerprint density at radius 1 is 1.07 bits per heavy atom. The van der Waals surface area contributed by atoms with E-state index in [9.17, 15) is 45.2 Å². The smallest absolute Gasteiger partial charge is 0.465 e. The molecule has 1 heterocycles. The molecular weight excluding hydrogens is 630 g/mol. The second-order valence-electron chi connectivity index (χ2n) is 9.56. The van der Waals surface area contributed by atoms with Gasteiger partial charge >= 0.3 is 18.1 Å². The molecule has 0 aliphatic carbocycles. The van der Waals surface area contributed by atoms with Gasteiger partial charge in [-0.05, 0) is 42.3 Å². The molecule has 238 valence electrons. The van der Waals surface area contributed by atoms with Crippen LogP contribution in [0.3, 0.4) is 0 Å². The largest absolute Gasteiger partial charge is 0.491 e. The maximum atomic E-state index is 14.8. The van der Waals surface area contributed by atoms with Gasteiger partial charge in [-0.3, -0.25) is 14.3 Å². The summed E-state index contributed by atoms with van der Waals surface area (Å²) in [6.07, 6.45) is -5.92. The minimum absolute atomic E-state index is 0.00156. The molecule has 12 nitrogen and oxygen atoms in total. The van der Waals surface area contributed by atoms with Gasteiger partial charge in [0.25, 0.3) is 0 Å². The Hall–Kier alpha value is -5.03. The van der Waals surface area contributed by atoms with Crippen LogP contribution < -0.4 is 25.2 Å². The molecule has 4 N–H and O–H groups in total. The van der Waals surface area contributed by atoms with Crippen molar-refractivity contribution in [1.29, 1.82) is 0 Å². The van der Waals surface area contributed by atoms with Crippen molar-refractivity contribution in [2.24, 2.45) is 5.73 Å². The highest BCUT2D eigenvalue weighted by Crippen LogP contribution is 2.35. The summed E-state index contributed by atoms with van der Waals surface area (Å²) in [6, 6.07) is 11.3. The van der Waals surface area contributed by atoms with Crippen molar-refractivity contribution in [1.82, 2.24) is 4.72 Å². The molecular formula is C28H23F4N3O9S. The molecule has 1 unspecified atom stereocenters. The van der Waals surface area contributed by atoms with Crippen LogP contribution in [0.2, 0.25) is 0 Å². The van der Waals surface area contributed by atoms with E-state index in [-0.39, 0.29) is 34.7 Å². The summed E-state index contributed by atoms with van der Waals surface area (Å²) in [4.78, 5) is 48.0. The van der Waals surface area contributed by atoms with Crippen LogP contribution in [0, 0.1) is 5.82 Å². The summed E-state index contributed by atoms with van der Waals surface area (Å²) >= 11 is 0. The zero-order valence-corrected chi connectivity index (χ0v) is 23.8. The number of nitrogens with one attached hydrogen (secondary N) is 2. The summed E-state index contributed by atoms with van der Waals surface area (Å²) in [5, 5.41) is 1.15. The Morgan fingerprint density at radius 3 is 2.38 bits per heavy atom. The van der Waals surface area contributed by atoms with E-state index in [2.05, 4.69) is 14.8 Å². The number of amides is 2. The first-order valence-corrected chi connectivity index (χ1v) is 14.3. The third-order valence-electron chi connectivity index (χ3n) is 6.35. The predicted molar refractivity (Wildman–Crippen MR) is 147 cm³/mol. The van der Waals surface area contributed by atoms with Gasteiger partial charge in [0.15, 0.2) is 0 Å². The molecule has 1 aliphatic heterocycles. The monoisotopic (exact) mass is 653 g/mol. The Morgan fingerprint density at radius 2 is 1.76 bits per heavy atom. The van der Waals surface area contributed by atoms with E-state index >= 15 is 0 Å². The van der Waals surface area contributed by atoms with Gasteiger partial charge < -0.3 is 25.3 Å². The average Bonchev–Trinajstić information content (AvgIpc) is 3.23. The fourth-order valence-electron chi connectivity index (χ4n) is 4.27. The van der Waals surface area contributed by atoms with Gasteiger partial charge in [-0.25, -0.2) is 22.4 Å². The lowest BCUT2D eigenvalue weighted by molar-refractivity contribution is -0.189. The second kappa shape index (κ2) is 12.9. The number of rotatable bonds is 9. The van der Waals surface area contributed by atoms with Gasteiger partial charge in [-0.1, -0.05) is 24.3 Å². The zero-order valence-electron chi connectivity index (χ0n) is 23.0. The summed E-state index contributed by atoms with van der Waals surface area (Å²) in [5.41, 5.74) is 5.60. The lowest BCUT2D eigenvalue weighted by Gasteiger charge is -2.16. The van der Waals surface area contributed by atoms with Crippen LogP contribution in [-0.4, -0.2) is 51.5 Å². The number of benzene rings is 3. The van der Waals surface area contributed by atoms with Crippen molar-refractivity contribution >= 4 is 39.5 Å². The first kappa shape index (κ1) is 32.9. The van der Waals surface area contributed by atoms with Crippen molar-refractivity contribution in [2.75, 3.05) is 12.4 Å². The van der Waals surface area contributed by atoms with E-state index in [1.807, 2.05) is 0 Å². The van der Waals surface area contributed by atoms with Gasteiger partial charge in [0.1, 0.15) is 33.9 Å². The minimum Gasteiger partial charge on any atom is -0.465 e. The molecule has 1 aliphatic rings. The van der Waals surface area contributed by atoms with Crippen molar-refractivity contribution in [3.05, 3.63) is 83.2 Å². The Balaban J connectivity index is 1.46. The van der Waals surface area contributed by atoms with Crippen LogP contribution in [0.25, 0.3) is 0 Å². The van der Waals surface area contributed by atoms with E-state index in [1.54, 1.807) is 4.72 Å². The molecule has 0 bridgehead atoms. The molecule has 45 heavy (non-hydrogen) atoms. The number of halogens is 4. The van der Waals surface area contributed by atoms with E-state index in [0.717, 1.165) is 19.2 Å². The number of sulfonamides is 1. The lowest BCUT2D eigenvalue weighted by Crippen LogP contribution is -2.37. The number of carbonyl (C=O) groups is 4. The number of carbonyl (C=O) groups excluding carboxylic acids is 4. The molecule has 2 atom stereocenters. The number of esters is 2. The topological polar surface area (TPSA) is 180 Å². The highest BCUT2D eigenvalue weighted by molar-refractivity contribution is 7.90. The second-order valence-corrected chi connectivity index (χ2v) is 11.4. The summed E-state index contributed by atoms with van der Waals surface area (Å²) in [6.45, 7) is 0. The average molecular weight is 654 g/mol. The SMILES string of the molecule is COC(=O)c1c(OC(=O)C(F)(F)F)cccc1Oc1cccc(NC(=O)[C@@H](N)Cc2ccc(C3CC(=O)NS3(=O)=O)c(F)c2)c1. The van der Waals surface area contributed by atoms with Crippen molar-refractivity contribution in [3.63, 3.8) is 0 Å². The number of alkyl halides is 3. The summed E-state index contributed by atoms with van der Waals surface area (Å²) in [5.74, 6) is -7.17. The van der Waals surface area contributed by atoms with Gasteiger partial charge in [0, 0.05) is 17.3 Å². The molecule has 3 aromatic rings. The Kier molecular flexibility index (Phi) is 9.43. The summed E-state index contributed by atoms with van der Waals surface area (Å²) < 4.78 is 93.5. The fraction of sp³-hybridized carbons (Fsp3) is 0.214. The molecule has 3 aromatic carbocycles. The molecule has 0 aromatic heterocycles. The van der Waals surface area contributed by atoms with Crippen LogP contribution in [0.4, 0.5) is 23.2 Å². The quantitative estimate of drug-likeness (QED) is 0.176. The van der Waals surface area contributed by atoms with Gasteiger partial charge in [-0.2, -0.15) is 13.2 Å². The van der Waals surface area contributed by atoms with Gasteiger partial charge in [-0.15, -0.1) is 0 Å². The molecule has 17 heteroatoms. The fourth-order valence-corrected chi connectivity index (χ4v) is 5.71. The Bertz CT molecular complexity index is 1780. The number of methoxy groups -OCH3 is 1. The molecule has 0 spiro atoms. The van der Waals surface area contributed by atoms with E-state index < -0.39 is 74.8 Å². The highest BCUT2D eigenvalue weighted by atomic mass is 32.2. The van der Waals surface area contributed by atoms with Gasteiger partial charge in [0.05, 0.1) is 19.6 Å². The molecule has 4 rings (SSSR count). The van der Waals surface area contributed by atoms with Gasteiger partial charge in [0.2, 0.25) is 21.8 Å². The minimum atomic E-state index is -5.34. The summed E-state index contributed by atoms with van der Waals surface area (Å²) in [7, 11) is -3.11. The van der Waals surface area contributed by atoms with Crippen LogP contribution in [0.15, 0.2) is 60.7 Å². The molecule has 1 fully saturated rings. The van der Waals surface area contributed by atoms with Crippen molar-refractivity contribution in [2.45, 2.75) is 30.3 Å². The van der Waals surface area contributed by atoms with Crippen LogP contribution in [0.5, 0.6) is 17.2 Å². The van der Waals surface area contributed by atoms with Crippen LogP contribution in [0.1, 0.15) is 33.2 Å². The first-order valence-electron chi connectivity index (χ1n) is 12.8. The zero-order chi connectivity index (χ0) is 33.1. The van der Waals surface area contributed by atoms with E-state index in [0.29, 0.717) is 0 Å². The maximum Gasteiger partial charge on any atom is 0.491 e. The van der Waals surface area contributed by atoms with E-state index in [4.69, 9.17) is 10.5 Å². The highest BCUT2D eigenvalue weighted by Gasteiger charge is 2.42. The first-order chi connectivity index (χ1) is 21.1. The predicted octanol–water partition coefficient (Wildman–Crippen LogP) is 3.27. The van der Waals surface area contributed by atoms with Crippen LogP contribution >= 0.6 is 0 Å². The third kappa shape index (κ3) is 7.74. The third-order valence-corrected chi connectivity index (χ3v) is 8.03. The number of ether oxygens (including phenoxy) is 3. The number of nitrogens with two attached hydrogens (primary N) is 1. The van der Waals surface area contributed by atoms with Crippen molar-refractivity contribution in [3.8, 4) is 17.2 Å².